The van der Waals surface area contributed by atoms with Crippen molar-refractivity contribution in [2.75, 3.05) is 7.11 Å². The van der Waals surface area contributed by atoms with Crippen LogP contribution in [0.3, 0.4) is 0 Å². The first-order valence-electron chi connectivity index (χ1n) is 7.51. The predicted octanol–water partition coefficient (Wildman–Crippen LogP) is 4.18. The molecular formula is C16H30O2. The molecule has 0 bridgehead atoms. The topological polar surface area (TPSA) is 18.5 Å². The molecule has 1 aliphatic heterocycles. The molecule has 0 N–H and O–H groups in total. The third-order valence-electron chi connectivity index (χ3n) is 5.71. The lowest BCUT2D eigenvalue weighted by Crippen LogP contribution is -2.64. The van der Waals surface area contributed by atoms with Crippen LogP contribution in [0.25, 0.3) is 0 Å². The van der Waals surface area contributed by atoms with E-state index in [-0.39, 0.29) is 16.6 Å². The van der Waals surface area contributed by atoms with Crippen LogP contribution < -0.4 is 0 Å². The molecule has 2 rings (SSSR count). The van der Waals surface area contributed by atoms with Crippen LogP contribution in [-0.2, 0) is 9.47 Å². The van der Waals surface area contributed by atoms with Crippen LogP contribution in [0.1, 0.15) is 66.7 Å². The highest BCUT2D eigenvalue weighted by Gasteiger charge is 2.59. The lowest BCUT2D eigenvalue weighted by atomic mass is 9.54. The Morgan fingerprint density at radius 2 is 1.89 bits per heavy atom. The maximum Gasteiger partial charge on any atom is 0.0767 e. The number of hydrogen-bond acceptors (Lipinski definition) is 2. The average molecular weight is 254 g/mol. The molecule has 106 valence electrons. The number of ether oxygens (including phenoxy) is 2. The third kappa shape index (κ3) is 2.02. The molecule has 0 spiro atoms. The van der Waals surface area contributed by atoms with Crippen LogP contribution >= 0.6 is 0 Å². The molecule has 0 aromatic rings. The Bertz CT molecular complexity index is 312. The van der Waals surface area contributed by atoms with Gasteiger partial charge < -0.3 is 9.47 Å². The summed E-state index contributed by atoms with van der Waals surface area (Å²) in [5.41, 5.74) is 0.350. The number of rotatable bonds is 2. The van der Waals surface area contributed by atoms with Crippen LogP contribution in [0.2, 0.25) is 0 Å². The zero-order chi connectivity index (χ0) is 13.6. The highest BCUT2D eigenvalue weighted by molar-refractivity contribution is 5.09. The van der Waals surface area contributed by atoms with Crippen molar-refractivity contribution in [2.24, 2.45) is 11.3 Å². The molecule has 1 aliphatic carbocycles. The van der Waals surface area contributed by atoms with E-state index in [9.17, 15) is 0 Å². The molecule has 2 unspecified atom stereocenters. The molecular weight excluding hydrogens is 224 g/mol. The number of hydrogen-bond donors (Lipinski definition) is 0. The Morgan fingerprint density at radius 3 is 2.44 bits per heavy atom. The fourth-order valence-corrected chi connectivity index (χ4v) is 4.62. The summed E-state index contributed by atoms with van der Waals surface area (Å²) in [5.74, 6) is 0.575. The molecule has 0 aromatic carbocycles. The van der Waals surface area contributed by atoms with Crippen LogP contribution in [0.4, 0.5) is 0 Å². The van der Waals surface area contributed by atoms with E-state index in [0.29, 0.717) is 12.0 Å². The molecule has 1 saturated heterocycles. The lowest BCUT2D eigenvalue weighted by Gasteiger charge is -2.62. The standard InChI is InChI=1S/C16H30O2/c1-7-16-12(2)10-13(17-6)11-15(16,5)9-8-14(3,4)18-16/h12-13H,7-11H2,1-6H3/t12?,13-,15+,16?/m0/s1. The minimum atomic E-state index is 0.0314. The Balaban J connectivity index is 2.35. The van der Waals surface area contributed by atoms with Gasteiger partial charge in [-0.25, -0.2) is 0 Å². The van der Waals surface area contributed by atoms with Gasteiger partial charge in [0.05, 0.1) is 17.3 Å². The summed E-state index contributed by atoms with van der Waals surface area (Å²) in [6, 6.07) is 0. The highest BCUT2D eigenvalue weighted by atomic mass is 16.5. The third-order valence-corrected chi connectivity index (χ3v) is 5.71. The van der Waals surface area contributed by atoms with Gasteiger partial charge in [0.15, 0.2) is 0 Å². The second-order valence-corrected chi connectivity index (χ2v) is 7.36. The van der Waals surface area contributed by atoms with Crippen molar-refractivity contribution in [3.63, 3.8) is 0 Å². The lowest BCUT2D eigenvalue weighted by molar-refractivity contribution is -0.284. The minimum Gasteiger partial charge on any atom is -0.381 e. The smallest absolute Gasteiger partial charge is 0.0767 e. The van der Waals surface area contributed by atoms with E-state index < -0.39 is 0 Å². The van der Waals surface area contributed by atoms with Gasteiger partial charge in [0.25, 0.3) is 0 Å². The molecule has 2 heteroatoms. The average Bonchev–Trinajstić information content (AvgIpc) is 2.30. The van der Waals surface area contributed by atoms with E-state index in [1.54, 1.807) is 0 Å². The molecule has 2 fully saturated rings. The largest absolute Gasteiger partial charge is 0.381 e. The van der Waals surface area contributed by atoms with Crippen molar-refractivity contribution < 1.29 is 9.47 Å². The van der Waals surface area contributed by atoms with Crippen LogP contribution in [0.15, 0.2) is 0 Å². The Labute approximate surface area is 112 Å². The summed E-state index contributed by atoms with van der Waals surface area (Å²) in [6.45, 7) is 11.6. The van der Waals surface area contributed by atoms with Crippen LogP contribution in [-0.4, -0.2) is 24.4 Å². The van der Waals surface area contributed by atoms with Crippen LogP contribution in [0.5, 0.6) is 0 Å². The molecule has 1 heterocycles. The van der Waals surface area contributed by atoms with E-state index in [1.165, 1.54) is 6.42 Å². The van der Waals surface area contributed by atoms with E-state index in [4.69, 9.17) is 9.47 Å². The second kappa shape index (κ2) is 4.49. The first-order valence-corrected chi connectivity index (χ1v) is 7.51. The molecule has 18 heavy (non-hydrogen) atoms. The molecule has 4 atom stereocenters. The maximum atomic E-state index is 6.67. The Kier molecular flexibility index (Phi) is 3.57. The van der Waals surface area contributed by atoms with E-state index in [0.717, 1.165) is 25.7 Å². The molecule has 1 saturated carbocycles. The van der Waals surface area contributed by atoms with Gasteiger partial charge in [-0.1, -0.05) is 20.8 Å². The molecule has 2 aliphatic rings. The molecule has 0 radical (unpaired) electrons. The summed E-state index contributed by atoms with van der Waals surface area (Å²) >= 11 is 0. The SMILES string of the molecule is CCC12OC(C)(C)CC[C@]1(C)C[C@@H](OC)CC2C. The predicted molar refractivity (Wildman–Crippen MR) is 74.7 cm³/mol. The van der Waals surface area contributed by atoms with Crippen molar-refractivity contribution in [3.05, 3.63) is 0 Å². The summed E-state index contributed by atoms with van der Waals surface area (Å²) in [5, 5.41) is 0. The molecule has 0 aromatic heterocycles. The van der Waals surface area contributed by atoms with Gasteiger partial charge in [0.1, 0.15) is 0 Å². The van der Waals surface area contributed by atoms with E-state index in [2.05, 4.69) is 34.6 Å². The highest BCUT2D eigenvalue weighted by Crippen LogP contribution is 2.59. The Hall–Kier alpha value is -0.0800. The van der Waals surface area contributed by atoms with Crippen molar-refractivity contribution in [2.45, 2.75) is 84.0 Å². The minimum absolute atomic E-state index is 0.0314. The van der Waals surface area contributed by atoms with Crippen molar-refractivity contribution >= 4 is 0 Å². The summed E-state index contributed by atoms with van der Waals surface area (Å²) in [7, 11) is 1.85. The molecule has 2 nitrogen and oxygen atoms in total. The monoisotopic (exact) mass is 254 g/mol. The van der Waals surface area contributed by atoms with Crippen molar-refractivity contribution in [1.82, 2.24) is 0 Å². The number of methoxy groups -OCH3 is 1. The van der Waals surface area contributed by atoms with Crippen molar-refractivity contribution in [1.29, 1.82) is 0 Å². The van der Waals surface area contributed by atoms with Gasteiger partial charge in [-0.15, -0.1) is 0 Å². The maximum absolute atomic E-state index is 6.67. The van der Waals surface area contributed by atoms with Gasteiger partial charge >= 0.3 is 0 Å². The van der Waals surface area contributed by atoms with Gasteiger partial charge in [-0.3, -0.25) is 0 Å². The van der Waals surface area contributed by atoms with Crippen LogP contribution in [0, 0.1) is 11.3 Å². The normalized spacial score (nSPS) is 47.7. The fourth-order valence-electron chi connectivity index (χ4n) is 4.62. The summed E-state index contributed by atoms with van der Waals surface area (Å²) < 4.78 is 12.3. The number of fused-ring (bicyclic) bond motifs is 1. The summed E-state index contributed by atoms with van der Waals surface area (Å²) in [6.07, 6.45) is 6.24. The van der Waals surface area contributed by atoms with Gasteiger partial charge in [0, 0.05) is 7.11 Å². The fraction of sp³-hybridized carbons (Fsp3) is 1.00. The van der Waals surface area contributed by atoms with Crippen molar-refractivity contribution in [3.8, 4) is 0 Å². The first kappa shape index (κ1) is 14.3. The zero-order valence-corrected chi connectivity index (χ0v) is 13.0. The van der Waals surface area contributed by atoms with Gasteiger partial charge in [-0.05, 0) is 57.3 Å². The second-order valence-electron chi connectivity index (χ2n) is 7.36. The van der Waals surface area contributed by atoms with Gasteiger partial charge in [0.2, 0.25) is 0 Å². The molecule has 0 amide bonds. The van der Waals surface area contributed by atoms with E-state index in [1.807, 2.05) is 7.11 Å². The first-order chi connectivity index (χ1) is 8.28. The van der Waals surface area contributed by atoms with E-state index >= 15 is 0 Å². The Morgan fingerprint density at radius 1 is 1.22 bits per heavy atom. The summed E-state index contributed by atoms with van der Waals surface area (Å²) in [4.78, 5) is 0. The zero-order valence-electron chi connectivity index (χ0n) is 13.0. The van der Waals surface area contributed by atoms with Gasteiger partial charge in [-0.2, -0.15) is 0 Å². The quantitative estimate of drug-likeness (QED) is 0.736.